The highest BCUT2D eigenvalue weighted by Crippen LogP contribution is 2.36. The molecule has 0 aliphatic rings. The molecule has 4 N–H and O–H groups in total. The molecular weight excluding hydrogens is 295 g/mol. The van der Waals surface area contributed by atoms with Crippen LogP contribution in [0, 0.1) is 27.3 Å². The first-order valence-corrected chi connectivity index (χ1v) is 5.74. The lowest BCUT2D eigenvalue weighted by atomic mass is 10.0. The highest BCUT2D eigenvalue weighted by molar-refractivity contribution is 5.76. The Labute approximate surface area is 123 Å². The SMILES string of the molecule is COc1cc(F)c(-c2nc(N)nc(N)c2C#N)cc1[N+](=O)[O-]. The lowest BCUT2D eigenvalue weighted by molar-refractivity contribution is -0.385. The van der Waals surface area contributed by atoms with Gasteiger partial charge in [0, 0.05) is 17.7 Å². The first kappa shape index (κ1) is 14.9. The quantitative estimate of drug-likeness (QED) is 0.633. The van der Waals surface area contributed by atoms with Crippen molar-refractivity contribution in [3.05, 3.63) is 33.6 Å². The van der Waals surface area contributed by atoms with Crippen molar-refractivity contribution in [3.63, 3.8) is 0 Å². The van der Waals surface area contributed by atoms with Gasteiger partial charge in [-0.05, 0) is 0 Å². The van der Waals surface area contributed by atoms with Gasteiger partial charge in [-0.2, -0.15) is 10.2 Å². The molecule has 1 aromatic heterocycles. The number of nitrogens with zero attached hydrogens (tertiary/aromatic N) is 4. The summed E-state index contributed by atoms with van der Waals surface area (Å²) in [7, 11) is 1.17. The Morgan fingerprint density at radius 2 is 2.09 bits per heavy atom. The van der Waals surface area contributed by atoms with Crippen molar-refractivity contribution >= 4 is 17.5 Å². The summed E-state index contributed by atoms with van der Waals surface area (Å²) in [6.07, 6.45) is 0. The Balaban J connectivity index is 2.82. The number of nitrogens with two attached hydrogens (primary N) is 2. The molecule has 0 amide bonds. The Morgan fingerprint density at radius 1 is 1.41 bits per heavy atom. The summed E-state index contributed by atoms with van der Waals surface area (Å²) < 4.78 is 18.9. The first-order chi connectivity index (χ1) is 10.4. The maximum absolute atomic E-state index is 14.2. The summed E-state index contributed by atoms with van der Waals surface area (Å²) in [6.45, 7) is 0. The summed E-state index contributed by atoms with van der Waals surface area (Å²) in [4.78, 5) is 17.6. The Bertz CT molecular complexity index is 817. The Kier molecular flexibility index (Phi) is 3.72. The zero-order valence-electron chi connectivity index (χ0n) is 11.2. The fourth-order valence-corrected chi connectivity index (χ4v) is 1.83. The number of anilines is 2. The number of nitriles is 1. The molecular formula is C12H9FN6O3. The van der Waals surface area contributed by atoms with Gasteiger partial charge in [0.05, 0.1) is 17.7 Å². The van der Waals surface area contributed by atoms with E-state index in [1.54, 1.807) is 6.07 Å². The van der Waals surface area contributed by atoms with E-state index in [9.17, 15) is 14.5 Å². The summed E-state index contributed by atoms with van der Waals surface area (Å²) >= 11 is 0. The van der Waals surface area contributed by atoms with Gasteiger partial charge in [-0.1, -0.05) is 0 Å². The van der Waals surface area contributed by atoms with Gasteiger partial charge in [0.15, 0.2) is 5.75 Å². The van der Waals surface area contributed by atoms with Crippen LogP contribution in [0.5, 0.6) is 5.75 Å². The molecule has 0 unspecified atom stereocenters. The van der Waals surface area contributed by atoms with Gasteiger partial charge < -0.3 is 16.2 Å². The minimum Gasteiger partial charge on any atom is -0.490 e. The molecule has 0 spiro atoms. The summed E-state index contributed by atoms with van der Waals surface area (Å²) in [5, 5.41) is 20.1. The van der Waals surface area contributed by atoms with Crippen LogP contribution in [0.4, 0.5) is 21.8 Å². The molecule has 0 bridgehead atoms. The molecule has 112 valence electrons. The smallest absolute Gasteiger partial charge is 0.311 e. The third-order valence-corrected chi connectivity index (χ3v) is 2.79. The van der Waals surface area contributed by atoms with Gasteiger partial charge in [0.25, 0.3) is 0 Å². The van der Waals surface area contributed by atoms with E-state index in [4.69, 9.17) is 21.5 Å². The predicted octanol–water partition coefficient (Wildman–Crippen LogP) is 1.24. The number of aromatic nitrogens is 2. The third kappa shape index (κ3) is 2.42. The van der Waals surface area contributed by atoms with Crippen LogP contribution in [0.1, 0.15) is 5.56 Å². The first-order valence-electron chi connectivity index (χ1n) is 5.74. The maximum Gasteiger partial charge on any atom is 0.311 e. The number of methoxy groups -OCH3 is 1. The van der Waals surface area contributed by atoms with E-state index in [1.165, 1.54) is 7.11 Å². The zero-order chi connectivity index (χ0) is 16.4. The fraction of sp³-hybridized carbons (Fsp3) is 0.0833. The average molecular weight is 304 g/mol. The Morgan fingerprint density at radius 3 is 2.64 bits per heavy atom. The second kappa shape index (κ2) is 5.49. The lowest BCUT2D eigenvalue weighted by Crippen LogP contribution is -2.06. The molecule has 0 saturated carbocycles. The number of nitro benzene ring substituents is 1. The van der Waals surface area contributed by atoms with Crippen molar-refractivity contribution in [2.75, 3.05) is 18.6 Å². The van der Waals surface area contributed by atoms with Crippen LogP contribution in [0.2, 0.25) is 0 Å². The molecule has 1 aromatic carbocycles. The molecule has 22 heavy (non-hydrogen) atoms. The van der Waals surface area contributed by atoms with E-state index in [-0.39, 0.29) is 34.3 Å². The molecule has 0 atom stereocenters. The van der Waals surface area contributed by atoms with E-state index in [0.717, 1.165) is 12.1 Å². The highest BCUT2D eigenvalue weighted by atomic mass is 19.1. The predicted molar refractivity (Wildman–Crippen MR) is 74.2 cm³/mol. The number of rotatable bonds is 3. The van der Waals surface area contributed by atoms with Crippen molar-refractivity contribution in [2.24, 2.45) is 0 Å². The van der Waals surface area contributed by atoms with E-state index < -0.39 is 16.4 Å². The number of hydrogen-bond donors (Lipinski definition) is 2. The molecule has 0 aliphatic heterocycles. The Hall–Kier alpha value is -3.48. The monoisotopic (exact) mass is 304 g/mol. The molecule has 0 radical (unpaired) electrons. The van der Waals surface area contributed by atoms with Crippen LogP contribution < -0.4 is 16.2 Å². The van der Waals surface area contributed by atoms with E-state index in [2.05, 4.69) is 9.97 Å². The molecule has 0 saturated heterocycles. The fourth-order valence-electron chi connectivity index (χ4n) is 1.83. The molecule has 1 heterocycles. The van der Waals surface area contributed by atoms with Crippen molar-refractivity contribution in [1.29, 1.82) is 5.26 Å². The van der Waals surface area contributed by atoms with Gasteiger partial charge in [0.2, 0.25) is 5.95 Å². The molecule has 9 nitrogen and oxygen atoms in total. The van der Waals surface area contributed by atoms with Gasteiger partial charge in [0.1, 0.15) is 23.3 Å². The topological polar surface area (TPSA) is 154 Å². The number of ether oxygens (including phenoxy) is 1. The number of nitrogen functional groups attached to an aromatic ring is 2. The lowest BCUT2D eigenvalue weighted by Gasteiger charge is -2.09. The molecule has 2 rings (SSSR count). The van der Waals surface area contributed by atoms with Crippen LogP contribution in [0.25, 0.3) is 11.3 Å². The maximum atomic E-state index is 14.2. The largest absolute Gasteiger partial charge is 0.490 e. The van der Waals surface area contributed by atoms with Crippen molar-refractivity contribution < 1.29 is 14.1 Å². The van der Waals surface area contributed by atoms with Crippen LogP contribution in [-0.4, -0.2) is 22.0 Å². The van der Waals surface area contributed by atoms with E-state index >= 15 is 0 Å². The second-order valence-electron chi connectivity index (χ2n) is 4.06. The van der Waals surface area contributed by atoms with Crippen molar-refractivity contribution in [1.82, 2.24) is 9.97 Å². The second-order valence-corrected chi connectivity index (χ2v) is 4.06. The molecule has 2 aromatic rings. The van der Waals surface area contributed by atoms with Crippen LogP contribution in [-0.2, 0) is 0 Å². The average Bonchev–Trinajstić information content (AvgIpc) is 2.45. The van der Waals surface area contributed by atoms with Crippen LogP contribution in [0.3, 0.4) is 0 Å². The third-order valence-electron chi connectivity index (χ3n) is 2.79. The van der Waals surface area contributed by atoms with Gasteiger partial charge in [-0.3, -0.25) is 10.1 Å². The number of halogens is 1. The van der Waals surface area contributed by atoms with Crippen molar-refractivity contribution in [2.45, 2.75) is 0 Å². The molecule has 0 fully saturated rings. The summed E-state index contributed by atoms with van der Waals surface area (Å²) in [5.74, 6) is -1.68. The van der Waals surface area contributed by atoms with Crippen LogP contribution >= 0.6 is 0 Å². The zero-order valence-corrected chi connectivity index (χ0v) is 11.2. The minimum atomic E-state index is -0.878. The van der Waals surface area contributed by atoms with Gasteiger partial charge in [-0.15, -0.1) is 0 Å². The molecule has 0 aliphatic carbocycles. The van der Waals surface area contributed by atoms with Crippen LogP contribution in [0.15, 0.2) is 12.1 Å². The van der Waals surface area contributed by atoms with Crippen molar-refractivity contribution in [3.8, 4) is 23.1 Å². The standard InChI is InChI=1S/C12H9FN6O3/c1-22-9-3-7(13)5(2-8(9)19(20)21)10-6(4-14)11(15)18-12(16)17-10/h2-3H,1H3,(H4,15,16,17,18). The summed E-state index contributed by atoms with van der Waals surface area (Å²) in [5.41, 5.74) is 9.73. The van der Waals surface area contributed by atoms with E-state index in [1.807, 2.05) is 0 Å². The number of hydrogen-bond acceptors (Lipinski definition) is 8. The normalized spacial score (nSPS) is 10.0. The van der Waals surface area contributed by atoms with Gasteiger partial charge >= 0.3 is 5.69 Å². The van der Waals surface area contributed by atoms with E-state index in [0.29, 0.717) is 0 Å². The highest BCUT2D eigenvalue weighted by Gasteiger charge is 2.23. The minimum absolute atomic E-state index is 0.226. The molecule has 10 heteroatoms. The van der Waals surface area contributed by atoms with Gasteiger partial charge in [-0.25, -0.2) is 9.37 Å². The summed E-state index contributed by atoms with van der Waals surface area (Å²) in [6, 6.07) is 3.44. The number of nitro groups is 1. The number of benzene rings is 1.